The molecule has 0 unspecified atom stereocenters. The summed E-state index contributed by atoms with van der Waals surface area (Å²) in [5, 5.41) is 5.71. The van der Waals surface area contributed by atoms with E-state index in [0.29, 0.717) is 37.4 Å². The van der Waals surface area contributed by atoms with Gasteiger partial charge in [0.15, 0.2) is 0 Å². The lowest BCUT2D eigenvalue weighted by Gasteiger charge is -2.23. The molecule has 0 spiro atoms. The van der Waals surface area contributed by atoms with Crippen LogP contribution < -0.4 is 15.4 Å². The molecule has 0 saturated heterocycles. The molecule has 2 aromatic rings. The van der Waals surface area contributed by atoms with Crippen molar-refractivity contribution in [2.45, 2.75) is 40.5 Å². The summed E-state index contributed by atoms with van der Waals surface area (Å²) >= 11 is 0. The predicted octanol–water partition coefficient (Wildman–Crippen LogP) is 4.50. The third kappa shape index (κ3) is 7.72. The molecule has 2 rings (SSSR count). The minimum Gasteiger partial charge on any atom is -0.493 e. The van der Waals surface area contributed by atoms with Crippen LogP contribution in [0.4, 0.5) is 5.69 Å². The second-order valence-electron chi connectivity index (χ2n) is 8.39. The molecule has 2 aromatic carbocycles. The topological polar surface area (TPSA) is 76.7 Å². The fourth-order valence-corrected chi connectivity index (χ4v) is 3.05. The molecule has 0 aliphatic rings. The summed E-state index contributed by atoms with van der Waals surface area (Å²) in [5.74, 6) is 0.671. The highest BCUT2D eigenvalue weighted by molar-refractivity contribution is 5.97. The molecular formula is C25H34N2O4. The number of ether oxygens (including phenoxy) is 2. The van der Waals surface area contributed by atoms with Crippen LogP contribution in [0.2, 0.25) is 0 Å². The van der Waals surface area contributed by atoms with Crippen molar-refractivity contribution in [3.63, 3.8) is 0 Å². The van der Waals surface area contributed by atoms with Crippen molar-refractivity contribution in [3.05, 3.63) is 59.2 Å². The Labute approximate surface area is 185 Å². The standard InChI is InChI=1S/C25H34N2O4/c1-18-7-8-19(2)22(17-18)31-15-6-13-25(3,4)24(29)27-21-11-9-20(10-12-21)23(28)26-14-16-30-5/h7-12,17H,6,13-16H2,1-5H3,(H,26,28)(H,27,29). The minimum atomic E-state index is -0.540. The third-order valence-electron chi connectivity index (χ3n) is 5.16. The first kappa shape index (κ1) is 24.4. The zero-order chi connectivity index (χ0) is 22.9. The van der Waals surface area contributed by atoms with Crippen LogP contribution >= 0.6 is 0 Å². The lowest BCUT2D eigenvalue weighted by molar-refractivity contribution is -0.124. The maximum Gasteiger partial charge on any atom is 0.251 e. The van der Waals surface area contributed by atoms with Crippen LogP contribution in [0.15, 0.2) is 42.5 Å². The molecule has 0 aliphatic heterocycles. The Bertz CT molecular complexity index is 876. The predicted molar refractivity (Wildman–Crippen MR) is 124 cm³/mol. The van der Waals surface area contributed by atoms with E-state index in [1.165, 1.54) is 5.56 Å². The van der Waals surface area contributed by atoms with E-state index in [-0.39, 0.29) is 11.8 Å². The van der Waals surface area contributed by atoms with Gasteiger partial charge in [-0.1, -0.05) is 26.0 Å². The Hall–Kier alpha value is -2.86. The zero-order valence-corrected chi connectivity index (χ0v) is 19.2. The molecule has 0 fully saturated rings. The fourth-order valence-electron chi connectivity index (χ4n) is 3.05. The van der Waals surface area contributed by atoms with E-state index in [0.717, 1.165) is 17.7 Å². The van der Waals surface area contributed by atoms with Gasteiger partial charge in [0.2, 0.25) is 5.91 Å². The van der Waals surface area contributed by atoms with Crippen molar-refractivity contribution in [1.29, 1.82) is 0 Å². The third-order valence-corrected chi connectivity index (χ3v) is 5.16. The largest absolute Gasteiger partial charge is 0.493 e. The number of anilines is 1. The summed E-state index contributed by atoms with van der Waals surface area (Å²) in [4.78, 5) is 24.8. The first-order valence-corrected chi connectivity index (χ1v) is 10.6. The summed E-state index contributed by atoms with van der Waals surface area (Å²) in [6.07, 6.45) is 1.47. The maximum absolute atomic E-state index is 12.7. The molecular weight excluding hydrogens is 392 g/mol. The smallest absolute Gasteiger partial charge is 0.251 e. The Kier molecular flexibility index (Phi) is 9.06. The molecule has 6 heteroatoms. The monoisotopic (exact) mass is 426 g/mol. The summed E-state index contributed by atoms with van der Waals surface area (Å²) in [5.41, 5.74) is 2.94. The molecule has 0 aliphatic carbocycles. The van der Waals surface area contributed by atoms with Gasteiger partial charge in [-0.3, -0.25) is 9.59 Å². The van der Waals surface area contributed by atoms with Crippen LogP contribution in [0.5, 0.6) is 5.75 Å². The van der Waals surface area contributed by atoms with E-state index < -0.39 is 5.41 Å². The molecule has 2 amide bonds. The quantitative estimate of drug-likeness (QED) is 0.519. The van der Waals surface area contributed by atoms with Gasteiger partial charge in [0.25, 0.3) is 5.91 Å². The van der Waals surface area contributed by atoms with Crippen molar-refractivity contribution in [3.8, 4) is 5.75 Å². The fraction of sp³-hybridized carbons (Fsp3) is 0.440. The normalized spacial score (nSPS) is 11.1. The zero-order valence-electron chi connectivity index (χ0n) is 19.2. The van der Waals surface area contributed by atoms with Gasteiger partial charge in [0, 0.05) is 30.3 Å². The number of rotatable bonds is 11. The molecule has 0 bridgehead atoms. The molecule has 0 atom stereocenters. The highest BCUT2D eigenvalue weighted by Gasteiger charge is 2.27. The van der Waals surface area contributed by atoms with Crippen molar-refractivity contribution in [2.24, 2.45) is 5.41 Å². The number of nitrogens with one attached hydrogen (secondary N) is 2. The van der Waals surface area contributed by atoms with E-state index in [4.69, 9.17) is 9.47 Å². The summed E-state index contributed by atoms with van der Waals surface area (Å²) in [6, 6.07) is 13.0. The van der Waals surface area contributed by atoms with Gasteiger partial charge in [-0.2, -0.15) is 0 Å². The molecule has 168 valence electrons. The van der Waals surface area contributed by atoms with Crippen LogP contribution in [0.1, 0.15) is 48.2 Å². The van der Waals surface area contributed by atoms with Gasteiger partial charge in [0.1, 0.15) is 5.75 Å². The van der Waals surface area contributed by atoms with Crippen molar-refractivity contribution >= 4 is 17.5 Å². The average Bonchev–Trinajstić information content (AvgIpc) is 2.74. The van der Waals surface area contributed by atoms with Crippen LogP contribution in [0, 0.1) is 19.3 Å². The number of hydrogen-bond acceptors (Lipinski definition) is 4. The first-order valence-electron chi connectivity index (χ1n) is 10.6. The highest BCUT2D eigenvalue weighted by Crippen LogP contribution is 2.26. The highest BCUT2D eigenvalue weighted by atomic mass is 16.5. The van der Waals surface area contributed by atoms with Crippen molar-refractivity contribution in [1.82, 2.24) is 5.32 Å². The molecule has 0 aromatic heterocycles. The van der Waals surface area contributed by atoms with Gasteiger partial charge in [-0.15, -0.1) is 0 Å². The second-order valence-corrected chi connectivity index (χ2v) is 8.39. The summed E-state index contributed by atoms with van der Waals surface area (Å²) in [6.45, 7) is 9.41. The summed E-state index contributed by atoms with van der Waals surface area (Å²) < 4.78 is 10.8. The van der Waals surface area contributed by atoms with Gasteiger partial charge >= 0.3 is 0 Å². The van der Waals surface area contributed by atoms with E-state index in [9.17, 15) is 9.59 Å². The van der Waals surface area contributed by atoms with Crippen LogP contribution in [-0.4, -0.2) is 38.7 Å². The Morgan fingerprint density at radius 3 is 2.39 bits per heavy atom. The molecule has 0 radical (unpaired) electrons. The first-order chi connectivity index (χ1) is 14.7. The number of amides is 2. The van der Waals surface area contributed by atoms with E-state index in [2.05, 4.69) is 22.8 Å². The van der Waals surface area contributed by atoms with Crippen LogP contribution in [-0.2, 0) is 9.53 Å². The number of methoxy groups -OCH3 is 1. The second kappa shape index (κ2) is 11.5. The number of hydrogen-bond donors (Lipinski definition) is 2. The Morgan fingerprint density at radius 1 is 1.00 bits per heavy atom. The number of aryl methyl sites for hydroxylation is 2. The Balaban J connectivity index is 1.81. The number of benzene rings is 2. The van der Waals surface area contributed by atoms with Gasteiger partial charge < -0.3 is 20.1 Å². The number of carbonyl (C=O) groups excluding carboxylic acids is 2. The van der Waals surface area contributed by atoms with E-state index in [1.807, 2.05) is 33.8 Å². The molecule has 6 nitrogen and oxygen atoms in total. The lowest BCUT2D eigenvalue weighted by Crippen LogP contribution is -2.31. The molecule has 2 N–H and O–H groups in total. The molecule has 0 saturated carbocycles. The minimum absolute atomic E-state index is 0.0588. The molecule has 31 heavy (non-hydrogen) atoms. The van der Waals surface area contributed by atoms with Crippen molar-refractivity contribution in [2.75, 3.05) is 32.2 Å². The van der Waals surface area contributed by atoms with Crippen molar-refractivity contribution < 1.29 is 19.1 Å². The maximum atomic E-state index is 12.7. The van der Waals surface area contributed by atoms with E-state index in [1.54, 1.807) is 31.4 Å². The average molecular weight is 427 g/mol. The summed E-state index contributed by atoms with van der Waals surface area (Å²) in [7, 11) is 1.59. The molecule has 0 heterocycles. The van der Waals surface area contributed by atoms with Gasteiger partial charge in [-0.25, -0.2) is 0 Å². The Morgan fingerprint density at radius 2 is 1.71 bits per heavy atom. The van der Waals surface area contributed by atoms with Gasteiger partial charge in [0.05, 0.1) is 13.2 Å². The van der Waals surface area contributed by atoms with Crippen LogP contribution in [0.25, 0.3) is 0 Å². The van der Waals surface area contributed by atoms with Crippen LogP contribution in [0.3, 0.4) is 0 Å². The van der Waals surface area contributed by atoms with E-state index >= 15 is 0 Å². The van der Waals surface area contributed by atoms with Gasteiger partial charge in [-0.05, 0) is 68.1 Å². The lowest BCUT2D eigenvalue weighted by atomic mass is 9.87. The number of carbonyl (C=O) groups is 2. The SMILES string of the molecule is COCCNC(=O)c1ccc(NC(=O)C(C)(C)CCCOc2cc(C)ccc2C)cc1.